The topological polar surface area (TPSA) is 76.0 Å². The van der Waals surface area contributed by atoms with Gasteiger partial charge in [0.1, 0.15) is 0 Å². The van der Waals surface area contributed by atoms with Crippen molar-refractivity contribution < 1.29 is 8.42 Å². The Kier molecular flexibility index (Phi) is 3.74. The predicted octanol–water partition coefficient (Wildman–Crippen LogP) is 0.0881. The number of nitrogens with one attached hydrogen (secondary N) is 2. The van der Waals surface area contributed by atoms with Crippen LogP contribution in [-0.4, -0.2) is 37.8 Å². The highest BCUT2D eigenvalue weighted by Gasteiger charge is 2.29. The molecule has 1 aliphatic heterocycles. The van der Waals surface area contributed by atoms with Crippen molar-refractivity contribution in [3.8, 4) is 0 Å². The third kappa shape index (κ3) is 2.90. The van der Waals surface area contributed by atoms with Gasteiger partial charge in [0.2, 0.25) is 0 Å². The molecule has 0 aliphatic carbocycles. The number of piperidine rings is 1. The number of hydrogen-bond donors (Lipinski definition) is 2. The summed E-state index contributed by atoms with van der Waals surface area (Å²) in [5, 5.41) is 7.39. The van der Waals surface area contributed by atoms with Gasteiger partial charge in [-0.3, -0.25) is 4.68 Å². The van der Waals surface area contributed by atoms with Crippen molar-refractivity contribution in [1.29, 1.82) is 0 Å². The van der Waals surface area contributed by atoms with Crippen LogP contribution in [0.2, 0.25) is 0 Å². The van der Waals surface area contributed by atoms with Gasteiger partial charge in [0.05, 0.1) is 6.20 Å². The number of aryl methyl sites for hydroxylation is 1. The lowest BCUT2D eigenvalue weighted by molar-refractivity contribution is 0.238. The Morgan fingerprint density at radius 1 is 1.61 bits per heavy atom. The highest BCUT2D eigenvalue weighted by atomic mass is 32.2. The van der Waals surface area contributed by atoms with Crippen molar-refractivity contribution in [2.24, 2.45) is 12.5 Å². The fourth-order valence-corrected chi connectivity index (χ4v) is 3.56. The largest absolute Gasteiger partial charge is 0.316 e. The molecule has 2 N–H and O–H groups in total. The molecule has 0 amide bonds. The van der Waals surface area contributed by atoms with Crippen LogP contribution in [0.15, 0.2) is 17.3 Å². The number of rotatable bonds is 4. The van der Waals surface area contributed by atoms with Crippen molar-refractivity contribution >= 4 is 10.0 Å². The molecular weight excluding hydrogens is 252 g/mol. The normalized spacial score (nSPS) is 25.2. The Morgan fingerprint density at radius 2 is 2.39 bits per heavy atom. The minimum atomic E-state index is -3.46. The van der Waals surface area contributed by atoms with Gasteiger partial charge in [-0.25, -0.2) is 13.1 Å². The van der Waals surface area contributed by atoms with Crippen molar-refractivity contribution in [3.63, 3.8) is 0 Å². The molecule has 18 heavy (non-hydrogen) atoms. The van der Waals surface area contributed by atoms with E-state index in [0.717, 1.165) is 25.9 Å². The van der Waals surface area contributed by atoms with E-state index in [9.17, 15) is 8.42 Å². The molecule has 0 aromatic carbocycles. The van der Waals surface area contributed by atoms with Crippen LogP contribution in [0.1, 0.15) is 19.8 Å². The highest BCUT2D eigenvalue weighted by Crippen LogP contribution is 2.24. The van der Waals surface area contributed by atoms with Crippen LogP contribution in [0.25, 0.3) is 0 Å². The molecule has 0 spiro atoms. The zero-order chi connectivity index (χ0) is 13.2. The maximum atomic E-state index is 12.1. The number of aromatic nitrogens is 2. The molecule has 1 saturated heterocycles. The van der Waals surface area contributed by atoms with Gasteiger partial charge in [0.15, 0.2) is 5.03 Å². The third-order valence-corrected chi connectivity index (χ3v) is 4.90. The minimum absolute atomic E-state index is 0.0100. The van der Waals surface area contributed by atoms with Gasteiger partial charge in [0, 0.05) is 20.1 Å². The van der Waals surface area contributed by atoms with Crippen LogP contribution in [0, 0.1) is 5.41 Å². The van der Waals surface area contributed by atoms with Crippen LogP contribution >= 0.6 is 0 Å². The predicted molar refractivity (Wildman–Crippen MR) is 68.6 cm³/mol. The molecule has 7 heteroatoms. The number of sulfonamides is 1. The maximum Gasteiger partial charge on any atom is 0.257 e. The van der Waals surface area contributed by atoms with Crippen molar-refractivity contribution in [3.05, 3.63) is 12.3 Å². The molecule has 1 fully saturated rings. The van der Waals surface area contributed by atoms with Gasteiger partial charge in [-0.2, -0.15) is 5.10 Å². The Labute approximate surface area is 108 Å². The zero-order valence-corrected chi connectivity index (χ0v) is 11.6. The first kappa shape index (κ1) is 13.5. The Hall–Kier alpha value is -0.920. The minimum Gasteiger partial charge on any atom is -0.316 e. The second-order valence-corrected chi connectivity index (χ2v) is 6.92. The fourth-order valence-electron chi connectivity index (χ4n) is 2.24. The highest BCUT2D eigenvalue weighted by molar-refractivity contribution is 7.89. The van der Waals surface area contributed by atoms with Crippen molar-refractivity contribution in [1.82, 2.24) is 19.8 Å². The van der Waals surface area contributed by atoms with Gasteiger partial charge in [0.25, 0.3) is 10.0 Å². The summed E-state index contributed by atoms with van der Waals surface area (Å²) in [4.78, 5) is 0. The summed E-state index contributed by atoms with van der Waals surface area (Å²) in [5.41, 5.74) is -0.0100. The van der Waals surface area contributed by atoms with E-state index in [1.807, 2.05) is 0 Å². The molecular formula is C11H20N4O2S. The van der Waals surface area contributed by atoms with E-state index in [0.29, 0.717) is 6.54 Å². The second kappa shape index (κ2) is 4.99. The molecule has 0 saturated carbocycles. The van der Waals surface area contributed by atoms with E-state index < -0.39 is 10.0 Å². The van der Waals surface area contributed by atoms with E-state index in [2.05, 4.69) is 22.1 Å². The zero-order valence-electron chi connectivity index (χ0n) is 10.8. The molecule has 1 aliphatic rings. The van der Waals surface area contributed by atoms with Crippen LogP contribution in [0.5, 0.6) is 0 Å². The SMILES string of the molecule is Cn1nccc1S(=O)(=O)NCC1(C)CCCNC1. The molecule has 0 bridgehead atoms. The molecule has 0 radical (unpaired) electrons. The molecule has 1 atom stereocenters. The van der Waals surface area contributed by atoms with Gasteiger partial charge in [-0.15, -0.1) is 0 Å². The van der Waals surface area contributed by atoms with Gasteiger partial charge in [-0.1, -0.05) is 6.92 Å². The van der Waals surface area contributed by atoms with Crippen LogP contribution in [0.3, 0.4) is 0 Å². The van der Waals surface area contributed by atoms with Crippen molar-refractivity contribution in [2.75, 3.05) is 19.6 Å². The van der Waals surface area contributed by atoms with Crippen LogP contribution in [0.4, 0.5) is 0 Å². The summed E-state index contributed by atoms with van der Waals surface area (Å²) in [6.07, 6.45) is 3.61. The lowest BCUT2D eigenvalue weighted by atomic mass is 9.83. The van der Waals surface area contributed by atoms with Crippen molar-refractivity contribution in [2.45, 2.75) is 24.8 Å². The fraction of sp³-hybridized carbons (Fsp3) is 0.727. The van der Waals surface area contributed by atoms with E-state index in [1.165, 1.54) is 16.9 Å². The standard InChI is InChI=1S/C11H20N4O2S/c1-11(5-3-6-12-8-11)9-14-18(16,17)10-4-7-13-15(10)2/h4,7,12,14H,3,5-6,8-9H2,1-2H3. The van der Waals surface area contributed by atoms with Gasteiger partial charge in [-0.05, 0) is 30.9 Å². The first-order valence-electron chi connectivity index (χ1n) is 6.11. The number of nitrogens with zero attached hydrogens (tertiary/aromatic N) is 2. The van der Waals surface area contributed by atoms with E-state index in [-0.39, 0.29) is 10.4 Å². The monoisotopic (exact) mass is 272 g/mol. The van der Waals surface area contributed by atoms with Gasteiger partial charge >= 0.3 is 0 Å². The molecule has 1 aromatic heterocycles. The van der Waals surface area contributed by atoms with E-state index in [1.54, 1.807) is 7.05 Å². The van der Waals surface area contributed by atoms with E-state index in [4.69, 9.17) is 0 Å². The summed E-state index contributed by atoms with van der Waals surface area (Å²) < 4.78 is 28.3. The van der Waals surface area contributed by atoms with E-state index >= 15 is 0 Å². The second-order valence-electron chi connectivity index (χ2n) is 5.21. The average molecular weight is 272 g/mol. The lowest BCUT2D eigenvalue weighted by Gasteiger charge is -2.34. The summed E-state index contributed by atoms with van der Waals surface area (Å²) in [5.74, 6) is 0. The third-order valence-electron chi connectivity index (χ3n) is 3.43. The summed E-state index contributed by atoms with van der Waals surface area (Å²) >= 11 is 0. The first-order valence-corrected chi connectivity index (χ1v) is 7.60. The summed E-state index contributed by atoms with van der Waals surface area (Å²) in [7, 11) is -1.84. The Bertz CT molecular complexity index is 503. The Morgan fingerprint density at radius 3 is 2.94 bits per heavy atom. The molecule has 2 rings (SSSR count). The quantitative estimate of drug-likeness (QED) is 0.814. The molecule has 6 nitrogen and oxygen atoms in total. The maximum absolute atomic E-state index is 12.1. The average Bonchev–Trinajstić information content (AvgIpc) is 2.75. The van der Waals surface area contributed by atoms with Crippen LogP contribution in [-0.2, 0) is 17.1 Å². The smallest absolute Gasteiger partial charge is 0.257 e. The van der Waals surface area contributed by atoms with Crippen LogP contribution < -0.4 is 10.0 Å². The lowest BCUT2D eigenvalue weighted by Crippen LogP contribution is -2.45. The molecule has 102 valence electrons. The first-order chi connectivity index (χ1) is 8.43. The molecule has 1 unspecified atom stereocenters. The van der Waals surface area contributed by atoms with Gasteiger partial charge < -0.3 is 5.32 Å². The molecule has 2 heterocycles. The summed E-state index contributed by atoms with van der Waals surface area (Å²) in [6, 6.07) is 1.50. The summed E-state index contributed by atoms with van der Waals surface area (Å²) in [6.45, 7) is 4.42. The Balaban J connectivity index is 2.03. The molecule has 1 aromatic rings. The number of hydrogen-bond acceptors (Lipinski definition) is 4.